The second-order valence-electron chi connectivity index (χ2n) is 6.21. The van der Waals surface area contributed by atoms with E-state index in [0.717, 1.165) is 21.9 Å². The molecule has 3 rings (SSSR count). The van der Waals surface area contributed by atoms with Gasteiger partial charge in [-0.05, 0) is 34.0 Å². The fourth-order valence-electron chi connectivity index (χ4n) is 2.86. The van der Waals surface area contributed by atoms with Crippen LogP contribution in [0.1, 0.15) is 11.1 Å². The van der Waals surface area contributed by atoms with Gasteiger partial charge in [-0.2, -0.15) is 0 Å². The van der Waals surface area contributed by atoms with Crippen LogP contribution < -0.4 is 11.1 Å². The van der Waals surface area contributed by atoms with Crippen LogP contribution in [-0.2, 0) is 22.4 Å². The Morgan fingerprint density at radius 2 is 1.58 bits per heavy atom. The summed E-state index contributed by atoms with van der Waals surface area (Å²) in [6, 6.07) is 20.2. The number of primary amides is 1. The fourth-order valence-corrected chi connectivity index (χ4v) is 2.98. The van der Waals surface area contributed by atoms with Gasteiger partial charge in [-0.3, -0.25) is 9.59 Å². The molecule has 4 nitrogen and oxygen atoms in total. The summed E-state index contributed by atoms with van der Waals surface area (Å²) in [7, 11) is 0. The van der Waals surface area contributed by atoms with Crippen molar-refractivity contribution in [3.05, 3.63) is 82.9 Å². The summed E-state index contributed by atoms with van der Waals surface area (Å²) >= 11 is 5.87. The predicted molar refractivity (Wildman–Crippen MR) is 104 cm³/mol. The van der Waals surface area contributed by atoms with Crippen molar-refractivity contribution >= 4 is 34.2 Å². The first kappa shape index (κ1) is 18.0. The number of carbonyl (C=O) groups is 2. The molecule has 3 aromatic rings. The van der Waals surface area contributed by atoms with Crippen molar-refractivity contribution in [2.24, 2.45) is 5.73 Å². The molecule has 132 valence electrons. The molecular weight excluding hydrogens is 348 g/mol. The Bertz CT molecular complexity index is 938. The number of nitrogens with two attached hydrogens (primary N) is 1. The number of hydrogen-bond donors (Lipinski definition) is 2. The highest BCUT2D eigenvalue weighted by Gasteiger charge is 2.18. The van der Waals surface area contributed by atoms with E-state index >= 15 is 0 Å². The first-order valence-corrected chi connectivity index (χ1v) is 8.70. The van der Waals surface area contributed by atoms with Crippen LogP contribution in [0, 0.1) is 0 Å². The lowest BCUT2D eigenvalue weighted by molar-refractivity contribution is -0.127. The van der Waals surface area contributed by atoms with Crippen LogP contribution in [0.25, 0.3) is 10.8 Å². The van der Waals surface area contributed by atoms with Crippen LogP contribution >= 0.6 is 11.6 Å². The van der Waals surface area contributed by atoms with Gasteiger partial charge in [-0.15, -0.1) is 0 Å². The second kappa shape index (κ2) is 8.02. The van der Waals surface area contributed by atoms with Crippen LogP contribution in [0.3, 0.4) is 0 Å². The monoisotopic (exact) mass is 366 g/mol. The van der Waals surface area contributed by atoms with Crippen LogP contribution in [-0.4, -0.2) is 17.9 Å². The van der Waals surface area contributed by atoms with E-state index in [1.807, 2.05) is 54.6 Å². The molecule has 0 heterocycles. The third kappa shape index (κ3) is 4.61. The van der Waals surface area contributed by atoms with Gasteiger partial charge < -0.3 is 11.1 Å². The van der Waals surface area contributed by atoms with E-state index in [0.29, 0.717) is 11.4 Å². The minimum atomic E-state index is -0.760. The Labute approximate surface area is 157 Å². The van der Waals surface area contributed by atoms with Gasteiger partial charge in [-0.25, -0.2) is 0 Å². The Kier molecular flexibility index (Phi) is 5.54. The molecular formula is C21H19ClN2O2. The smallest absolute Gasteiger partial charge is 0.240 e. The first-order chi connectivity index (χ1) is 12.5. The summed E-state index contributed by atoms with van der Waals surface area (Å²) in [5, 5.41) is 5.54. The number of halogens is 1. The molecule has 2 amide bonds. The van der Waals surface area contributed by atoms with E-state index in [-0.39, 0.29) is 12.3 Å². The molecule has 3 aromatic carbocycles. The zero-order valence-corrected chi connectivity index (χ0v) is 14.9. The van der Waals surface area contributed by atoms with Crippen molar-refractivity contribution in [1.29, 1.82) is 0 Å². The first-order valence-electron chi connectivity index (χ1n) is 8.32. The highest BCUT2D eigenvalue weighted by atomic mass is 35.5. The summed E-state index contributed by atoms with van der Waals surface area (Å²) < 4.78 is 0. The maximum atomic E-state index is 12.4. The number of rotatable bonds is 6. The average molecular weight is 367 g/mol. The van der Waals surface area contributed by atoms with Crippen molar-refractivity contribution in [3.63, 3.8) is 0 Å². The summed E-state index contributed by atoms with van der Waals surface area (Å²) in [4.78, 5) is 24.1. The topological polar surface area (TPSA) is 72.2 Å². The molecule has 0 saturated carbocycles. The van der Waals surface area contributed by atoms with Crippen molar-refractivity contribution in [2.75, 3.05) is 0 Å². The standard InChI is InChI=1S/C21H19ClN2O2/c22-18-9-6-14(7-10-18)12-19(21(23)26)24-20(25)13-15-5-8-16-3-1-2-4-17(16)11-15/h1-11,19H,12-13H2,(H2,23,26)(H,24,25)/t19-/m0/s1. The Morgan fingerprint density at radius 3 is 2.27 bits per heavy atom. The van der Waals surface area contributed by atoms with Crippen molar-refractivity contribution in [3.8, 4) is 0 Å². The number of hydrogen-bond acceptors (Lipinski definition) is 2. The van der Waals surface area contributed by atoms with Crippen LogP contribution in [0.15, 0.2) is 66.7 Å². The number of nitrogens with one attached hydrogen (secondary N) is 1. The third-order valence-corrected chi connectivity index (χ3v) is 4.46. The van der Waals surface area contributed by atoms with E-state index in [4.69, 9.17) is 17.3 Å². The van der Waals surface area contributed by atoms with E-state index in [1.165, 1.54) is 0 Å². The molecule has 26 heavy (non-hydrogen) atoms. The fraction of sp³-hybridized carbons (Fsp3) is 0.143. The number of fused-ring (bicyclic) bond motifs is 1. The van der Waals surface area contributed by atoms with E-state index in [2.05, 4.69) is 5.32 Å². The van der Waals surface area contributed by atoms with E-state index < -0.39 is 11.9 Å². The molecule has 0 saturated heterocycles. The van der Waals surface area contributed by atoms with Crippen LogP contribution in [0.5, 0.6) is 0 Å². The van der Waals surface area contributed by atoms with Crippen LogP contribution in [0.2, 0.25) is 5.02 Å². The highest BCUT2D eigenvalue weighted by molar-refractivity contribution is 6.30. The van der Waals surface area contributed by atoms with Gasteiger partial charge >= 0.3 is 0 Å². The molecule has 0 fully saturated rings. The predicted octanol–water partition coefficient (Wildman–Crippen LogP) is 3.25. The van der Waals surface area contributed by atoms with Gasteiger partial charge in [0.05, 0.1) is 6.42 Å². The molecule has 0 aliphatic rings. The molecule has 0 aliphatic carbocycles. The van der Waals surface area contributed by atoms with Gasteiger partial charge in [0.25, 0.3) is 0 Å². The summed E-state index contributed by atoms with van der Waals surface area (Å²) in [5.41, 5.74) is 7.21. The Balaban J connectivity index is 1.67. The Morgan fingerprint density at radius 1 is 0.923 bits per heavy atom. The number of amides is 2. The lowest BCUT2D eigenvalue weighted by atomic mass is 10.0. The maximum absolute atomic E-state index is 12.4. The molecule has 0 spiro atoms. The zero-order chi connectivity index (χ0) is 18.5. The summed E-state index contributed by atoms with van der Waals surface area (Å²) in [5.74, 6) is -0.801. The minimum Gasteiger partial charge on any atom is -0.368 e. The third-order valence-electron chi connectivity index (χ3n) is 4.21. The highest BCUT2D eigenvalue weighted by Crippen LogP contribution is 2.16. The molecule has 5 heteroatoms. The minimum absolute atomic E-state index is 0.190. The maximum Gasteiger partial charge on any atom is 0.240 e. The molecule has 0 aliphatic heterocycles. The SMILES string of the molecule is NC(=O)[C@H](Cc1ccc(Cl)cc1)NC(=O)Cc1ccc2ccccc2c1. The van der Waals surface area contributed by atoms with Crippen molar-refractivity contribution in [2.45, 2.75) is 18.9 Å². The molecule has 1 atom stereocenters. The van der Waals surface area contributed by atoms with Gasteiger partial charge in [0, 0.05) is 11.4 Å². The van der Waals surface area contributed by atoms with Gasteiger partial charge in [0.15, 0.2) is 0 Å². The van der Waals surface area contributed by atoms with Crippen molar-refractivity contribution in [1.82, 2.24) is 5.32 Å². The normalized spacial score (nSPS) is 11.9. The Hall–Kier alpha value is -2.85. The molecule has 0 radical (unpaired) electrons. The van der Waals surface area contributed by atoms with Gasteiger partial charge in [-0.1, -0.05) is 66.2 Å². The average Bonchev–Trinajstić information content (AvgIpc) is 2.62. The van der Waals surface area contributed by atoms with E-state index in [9.17, 15) is 9.59 Å². The molecule has 0 aromatic heterocycles. The van der Waals surface area contributed by atoms with E-state index in [1.54, 1.807) is 12.1 Å². The number of benzene rings is 3. The quantitative estimate of drug-likeness (QED) is 0.702. The van der Waals surface area contributed by atoms with Gasteiger partial charge in [0.2, 0.25) is 11.8 Å². The summed E-state index contributed by atoms with van der Waals surface area (Å²) in [6.45, 7) is 0. The lowest BCUT2D eigenvalue weighted by Gasteiger charge is -2.16. The second-order valence-corrected chi connectivity index (χ2v) is 6.65. The molecule has 0 unspecified atom stereocenters. The summed E-state index contributed by atoms with van der Waals surface area (Å²) in [6.07, 6.45) is 0.519. The number of carbonyl (C=O) groups excluding carboxylic acids is 2. The zero-order valence-electron chi connectivity index (χ0n) is 14.1. The van der Waals surface area contributed by atoms with Crippen molar-refractivity contribution < 1.29 is 9.59 Å². The molecule has 0 bridgehead atoms. The largest absolute Gasteiger partial charge is 0.368 e. The van der Waals surface area contributed by atoms with Gasteiger partial charge in [0.1, 0.15) is 6.04 Å². The lowest BCUT2D eigenvalue weighted by Crippen LogP contribution is -2.46. The van der Waals surface area contributed by atoms with Crippen LogP contribution in [0.4, 0.5) is 0 Å². The molecule has 3 N–H and O–H groups in total.